The topological polar surface area (TPSA) is 34.8 Å². The number of rotatable bonds is 0. The Balaban J connectivity index is 1.93. The molecule has 0 unspecified atom stereocenters. The lowest BCUT2D eigenvalue weighted by Gasteiger charge is -1.91. The first-order chi connectivity index (χ1) is 9.42. The van der Waals surface area contributed by atoms with E-state index in [-0.39, 0.29) is 0 Å². The Bertz CT molecular complexity index is 951. The highest BCUT2D eigenvalue weighted by Gasteiger charge is 2.30. The molecular weight excluding hydrogens is 256 g/mol. The van der Waals surface area contributed by atoms with Crippen molar-refractivity contribution in [3.05, 3.63) is 48.7 Å². The first kappa shape index (κ1) is 9.63. The van der Waals surface area contributed by atoms with Crippen LogP contribution in [0.15, 0.2) is 43.1 Å². The van der Waals surface area contributed by atoms with Gasteiger partial charge in [0.2, 0.25) is 0 Å². The van der Waals surface area contributed by atoms with Crippen LogP contribution >= 0.6 is 11.3 Å². The summed E-state index contributed by atoms with van der Waals surface area (Å²) in [5.41, 5.74) is 5.05. The van der Waals surface area contributed by atoms with E-state index in [0.717, 1.165) is 6.54 Å². The van der Waals surface area contributed by atoms with Crippen LogP contribution in [-0.4, -0.2) is 14.5 Å². The number of hydrogen-bond acceptors (Lipinski definition) is 3. The van der Waals surface area contributed by atoms with E-state index in [0.29, 0.717) is 0 Å². The quantitative estimate of drug-likeness (QED) is 0.403. The molecule has 0 atom stereocenters. The molecule has 5 rings (SSSR count). The van der Waals surface area contributed by atoms with Crippen LogP contribution in [0.4, 0.5) is 0 Å². The van der Waals surface area contributed by atoms with Crippen molar-refractivity contribution in [1.29, 1.82) is 0 Å². The summed E-state index contributed by atoms with van der Waals surface area (Å²) in [6.45, 7) is 0.912. The van der Waals surface area contributed by atoms with Crippen LogP contribution in [0.3, 0.4) is 0 Å². The minimum Gasteiger partial charge on any atom is -0.264 e. The van der Waals surface area contributed by atoms with Crippen molar-refractivity contribution in [1.82, 2.24) is 14.5 Å². The van der Waals surface area contributed by atoms with Crippen LogP contribution in [0, 0.1) is 0 Å². The monoisotopic (exact) mass is 265 g/mol. The molecule has 1 aliphatic heterocycles. The second kappa shape index (κ2) is 3.19. The van der Waals surface area contributed by atoms with Crippen molar-refractivity contribution in [3.63, 3.8) is 0 Å². The Hall–Kier alpha value is -2.27. The van der Waals surface area contributed by atoms with Crippen LogP contribution in [0.25, 0.3) is 26.4 Å². The van der Waals surface area contributed by atoms with Gasteiger partial charge in [0.1, 0.15) is 12.7 Å². The van der Waals surface area contributed by atoms with E-state index in [2.05, 4.69) is 37.3 Å². The predicted octanol–water partition coefficient (Wildman–Crippen LogP) is 2.26. The smallest absolute Gasteiger partial charge is 0.264 e. The van der Waals surface area contributed by atoms with Gasteiger partial charge in [-0.1, -0.05) is 0 Å². The number of hydrogen-bond donors (Lipinski definition) is 0. The van der Waals surface area contributed by atoms with Crippen molar-refractivity contribution in [2.24, 2.45) is 0 Å². The van der Waals surface area contributed by atoms with Gasteiger partial charge in [0, 0.05) is 29.7 Å². The second-order valence-corrected chi connectivity index (χ2v) is 5.74. The molecule has 0 aliphatic carbocycles. The third kappa shape index (κ3) is 1.11. The highest BCUT2D eigenvalue weighted by atomic mass is 32.1. The summed E-state index contributed by atoms with van der Waals surface area (Å²) in [5.74, 6) is 0. The summed E-state index contributed by atoms with van der Waals surface area (Å²) in [7, 11) is 0. The number of nitrogens with zero attached hydrogens (tertiary/aromatic N) is 4. The maximum atomic E-state index is 4.23. The van der Waals surface area contributed by atoms with E-state index in [1.807, 2.05) is 36.1 Å². The molecule has 4 aromatic heterocycles. The fraction of sp³-hybridized carbons (Fsp3) is 0.0714. The Labute approximate surface area is 112 Å². The maximum absolute atomic E-state index is 4.23. The average molecular weight is 265 g/mol. The minimum atomic E-state index is 0.912. The molecule has 19 heavy (non-hydrogen) atoms. The van der Waals surface area contributed by atoms with Crippen molar-refractivity contribution in [3.8, 4) is 11.3 Å². The highest BCUT2D eigenvalue weighted by molar-refractivity contribution is 7.23. The zero-order valence-electron chi connectivity index (χ0n) is 9.95. The van der Waals surface area contributed by atoms with Gasteiger partial charge in [0.15, 0.2) is 11.2 Å². The Morgan fingerprint density at radius 3 is 3.05 bits per heavy atom. The molecule has 0 radical (unpaired) electrons. The van der Waals surface area contributed by atoms with Gasteiger partial charge in [-0.15, -0.1) is 0 Å². The molecule has 5 heterocycles. The van der Waals surface area contributed by atoms with Gasteiger partial charge in [-0.2, -0.15) is 4.40 Å². The van der Waals surface area contributed by atoms with Crippen molar-refractivity contribution < 1.29 is 4.40 Å². The molecule has 0 spiro atoms. The number of pyridine rings is 2. The van der Waals surface area contributed by atoms with Crippen LogP contribution in [0.1, 0.15) is 5.56 Å². The van der Waals surface area contributed by atoms with E-state index < -0.39 is 0 Å². The summed E-state index contributed by atoms with van der Waals surface area (Å²) >= 11 is 1.81. The Kier molecular flexibility index (Phi) is 1.62. The minimum absolute atomic E-state index is 0.912. The van der Waals surface area contributed by atoms with Gasteiger partial charge >= 0.3 is 4.96 Å². The van der Waals surface area contributed by atoms with Gasteiger partial charge in [-0.25, -0.2) is 4.57 Å². The van der Waals surface area contributed by atoms with E-state index in [1.165, 1.54) is 32.0 Å². The van der Waals surface area contributed by atoms with Crippen LogP contribution in [0.2, 0.25) is 0 Å². The largest absolute Gasteiger partial charge is 0.347 e. The van der Waals surface area contributed by atoms with Gasteiger partial charge in [-0.05, 0) is 23.5 Å². The van der Waals surface area contributed by atoms with Gasteiger partial charge < -0.3 is 0 Å². The van der Waals surface area contributed by atoms with Crippen molar-refractivity contribution in [2.75, 3.05) is 0 Å². The molecular formula is C14H9N4S+. The van der Waals surface area contributed by atoms with E-state index in [4.69, 9.17) is 0 Å². The highest BCUT2D eigenvalue weighted by Crippen LogP contribution is 2.34. The predicted molar refractivity (Wildman–Crippen MR) is 73.1 cm³/mol. The zero-order chi connectivity index (χ0) is 12.4. The zero-order valence-corrected chi connectivity index (χ0v) is 10.8. The van der Waals surface area contributed by atoms with Crippen LogP contribution < -0.4 is 4.40 Å². The van der Waals surface area contributed by atoms with Gasteiger partial charge in [0.05, 0.1) is 10.9 Å². The maximum Gasteiger partial charge on any atom is 0.347 e. The molecule has 4 nitrogen and oxygen atoms in total. The molecule has 4 aromatic rings. The van der Waals surface area contributed by atoms with Crippen LogP contribution in [-0.2, 0) is 6.54 Å². The summed E-state index contributed by atoms with van der Waals surface area (Å²) < 4.78 is 5.87. The summed E-state index contributed by atoms with van der Waals surface area (Å²) in [5, 5.41) is 0. The molecule has 0 fully saturated rings. The summed E-state index contributed by atoms with van der Waals surface area (Å²) in [6.07, 6.45) is 9.82. The lowest BCUT2D eigenvalue weighted by Crippen LogP contribution is -2.16. The average Bonchev–Trinajstić information content (AvgIpc) is 3.07. The standard InChI is InChI=1S/C14H9N4S/c1-3-15-5-9-7-17-12(10(1)9)8-18-11-6-16-4-2-13(11)19-14(17)18/h1-6,8H,7H2/q+1. The third-order valence-electron chi connectivity index (χ3n) is 3.71. The summed E-state index contributed by atoms with van der Waals surface area (Å²) in [6, 6.07) is 4.17. The molecule has 0 amide bonds. The molecule has 0 saturated carbocycles. The number of thiazole rings is 1. The normalized spacial score (nSPS) is 13.1. The van der Waals surface area contributed by atoms with Crippen molar-refractivity contribution >= 4 is 26.5 Å². The Morgan fingerprint density at radius 2 is 2.05 bits per heavy atom. The van der Waals surface area contributed by atoms with E-state index >= 15 is 0 Å². The summed E-state index contributed by atoms with van der Waals surface area (Å²) in [4.78, 5) is 9.70. The molecule has 0 N–H and O–H groups in total. The number of imidazole rings is 1. The Morgan fingerprint density at radius 1 is 1.16 bits per heavy atom. The second-order valence-electron chi connectivity index (χ2n) is 4.73. The number of aromatic nitrogens is 4. The number of fused-ring (bicyclic) bond motifs is 7. The van der Waals surface area contributed by atoms with Crippen LogP contribution in [0.5, 0.6) is 0 Å². The third-order valence-corrected chi connectivity index (χ3v) is 4.87. The van der Waals surface area contributed by atoms with Gasteiger partial charge in [0.25, 0.3) is 0 Å². The molecule has 1 aliphatic rings. The molecule has 90 valence electrons. The molecule has 0 saturated heterocycles. The molecule has 5 heteroatoms. The van der Waals surface area contributed by atoms with Gasteiger partial charge in [-0.3, -0.25) is 9.97 Å². The molecule has 0 bridgehead atoms. The fourth-order valence-electron chi connectivity index (χ4n) is 2.84. The fourth-order valence-corrected chi connectivity index (χ4v) is 3.94. The first-order valence-electron chi connectivity index (χ1n) is 6.12. The van der Waals surface area contributed by atoms with E-state index in [9.17, 15) is 0 Å². The SMILES string of the molecule is c1cc2c(cn1)Cn1c-2c[n+]2c3cnccc3sc12. The lowest BCUT2D eigenvalue weighted by atomic mass is 10.1. The van der Waals surface area contributed by atoms with E-state index in [1.54, 1.807) is 0 Å². The first-order valence-corrected chi connectivity index (χ1v) is 6.94. The molecule has 0 aromatic carbocycles. The lowest BCUT2D eigenvalue weighted by molar-refractivity contribution is -0.476. The van der Waals surface area contributed by atoms with Crippen molar-refractivity contribution in [2.45, 2.75) is 6.54 Å².